The Bertz CT molecular complexity index is 1150. The van der Waals surface area contributed by atoms with Crippen molar-refractivity contribution in [2.75, 3.05) is 19.4 Å². The molecule has 1 fully saturated rings. The number of sulfonamides is 1. The summed E-state index contributed by atoms with van der Waals surface area (Å²) in [5.74, 6) is -1.11. The number of carbonyl (C=O) groups excluding carboxylic acids is 2. The molecule has 0 spiro atoms. The molecule has 0 radical (unpaired) electrons. The van der Waals surface area contributed by atoms with Crippen LogP contribution in [0.2, 0.25) is 0 Å². The first kappa shape index (κ1) is 22.4. The van der Waals surface area contributed by atoms with Gasteiger partial charge in [0.2, 0.25) is 10.0 Å². The number of aryl methyl sites for hydroxylation is 1. The third-order valence-electron chi connectivity index (χ3n) is 4.86. The number of hydrogen-bond acceptors (Lipinski definition) is 9. The molecule has 30 heavy (non-hydrogen) atoms. The summed E-state index contributed by atoms with van der Waals surface area (Å²) >= 11 is 1.03. The number of H-pyrrole nitrogens is 1. The van der Waals surface area contributed by atoms with Crippen LogP contribution in [0.15, 0.2) is 4.79 Å². The van der Waals surface area contributed by atoms with E-state index in [2.05, 4.69) is 9.97 Å². The van der Waals surface area contributed by atoms with Gasteiger partial charge in [0.05, 0.1) is 18.2 Å². The minimum absolute atomic E-state index is 0.112. The van der Waals surface area contributed by atoms with Gasteiger partial charge in [-0.1, -0.05) is 0 Å². The average molecular weight is 458 g/mol. The van der Waals surface area contributed by atoms with Gasteiger partial charge in [-0.15, -0.1) is 11.3 Å². The van der Waals surface area contributed by atoms with Crippen LogP contribution in [0.25, 0.3) is 10.2 Å². The Morgan fingerprint density at radius 1 is 1.40 bits per heavy atom. The topological polar surface area (TPSA) is 136 Å². The van der Waals surface area contributed by atoms with Crippen LogP contribution in [0.4, 0.5) is 0 Å². The number of aromatic amines is 1. The second-order valence-electron chi connectivity index (χ2n) is 7.02. The van der Waals surface area contributed by atoms with E-state index in [0.717, 1.165) is 21.9 Å². The molecular weight excluding hydrogens is 434 g/mol. The Hall–Kier alpha value is -2.31. The highest BCUT2D eigenvalue weighted by molar-refractivity contribution is 7.88. The summed E-state index contributed by atoms with van der Waals surface area (Å²) in [5.41, 5.74) is 0.0222. The molecular formula is C18H23N3O7S2. The highest BCUT2D eigenvalue weighted by Crippen LogP contribution is 2.29. The summed E-state index contributed by atoms with van der Waals surface area (Å²) in [6.07, 6.45) is 1.07. The maximum Gasteiger partial charge on any atom is 0.348 e. The number of fused-ring (bicyclic) bond motifs is 1. The highest BCUT2D eigenvalue weighted by atomic mass is 32.2. The van der Waals surface area contributed by atoms with Crippen LogP contribution < -0.4 is 5.56 Å². The third kappa shape index (κ3) is 4.25. The summed E-state index contributed by atoms with van der Waals surface area (Å²) in [6.45, 7) is 5.34. The lowest BCUT2D eigenvalue weighted by Gasteiger charge is -2.22. The first-order valence-electron chi connectivity index (χ1n) is 9.42. The molecule has 2 atom stereocenters. The van der Waals surface area contributed by atoms with Crippen molar-refractivity contribution in [2.45, 2.75) is 45.8 Å². The van der Waals surface area contributed by atoms with Gasteiger partial charge >= 0.3 is 11.9 Å². The largest absolute Gasteiger partial charge is 0.462 e. The van der Waals surface area contributed by atoms with Crippen LogP contribution >= 0.6 is 11.3 Å². The van der Waals surface area contributed by atoms with Crippen LogP contribution in [-0.4, -0.2) is 60.1 Å². The lowest BCUT2D eigenvalue weighted by Crippen LogP contribution is -2.41. The Balaban J connectivity index is 1.87. The monoisotopic (exact) mass is 457 g/mol. The Morgan fingerprint density at radius 2 is 2.10 bits per heavy atom. The zero-order valence-electron chi connectivity index (χ0n) is 17.1. The fourth-order valence-corrected chi connectivity index (χ4v) is 5.62. The zero-order valence-corrected chi connectivity index (χ0v) is 18.7. The summed E-state index contributed by atoms with van der Waals surface area (Å²) in [4.78, 5) is 44.8. The van der Waals surface area contributed by atoms with Crippen molar-refractivity contribution in [1.82, 2.24) is 14.3 Å². The molecule has 0 amide bonds. The summed E-state index contributed by atoms with van der Waals surface area (Å²) < 4.78 is 35.2. The minimum Gasteiger partial charge on any atom is -0.462 e. The van der Waals surface area contributed by atoms with Gasteiger partial charge in [0.1, 0.15) is 15.7 Å². The minimum atomic E-state index is -3.53. The van der Waals surface area contributed by atoms with Crippen LogP contribution in [-0.2, 0) is 24.3 Å². The van der Waals surface area contributed by atoms with Crippen LogP contribution in [0, 0.1) is 6.92 Å². The lowest BCUT2D eigenvalue weighted by molar-refractivity contribution is -0.152. The quantitative estimate of drug-likeness (QED) is 0.645. The van der Waals surface area contributed by atoms with Crippen molar-refractivity contribution < 1.29 is 27.5 Å². The van der Waals surface area contributed by atoms with Crippen molar-refractivity contribution >= 4 is 43.5 Å². The van der Waals surface area contributed by atoms with Gasteiger partial charge in [-0.2, -0.15) is 4.31 Å². The van der Waals surface area contributed by atoms with Crippen molar-refractivity contribution in [3.63, 3.8) is 0 Å². The number of ether oxygens (including phenoxy) is 2. The van der Waals surface area contributed by atoms with Crippen LogP contribution in [0.1, 0.15) is 53.9 Å². The Morgan fingerprint density at radius 3 is 2.73 bits per heavy atom. The van der Waals surface area contributed by atoms with Gasteiger partial charge in [0, 0.05) is 6.54 Å². The number of hydrogen-bond donors (Lipinski definition) is 1. The molecule has 2 aromatic heterocycles. The van der Waals surface area contributed by atoms with Crippen LogP contribution in [0.5, 0.6) is 0 Å². The van der Waals surface area contributed by atoms with E-state index in [1.807, 2.05) is 0 Å². The summed E-state index contributed by atoms with van der Waals surface area (Å²) in [6, 6.07) is -0.891. The molecule has 1 aliphatic rings. The molecule has 3 heterocycles. The van der Waals surface area contributed by atoms with E-state index >= 15 is 0 Å². The van der Waals surface area contributed by atoms with Gasteiger partial charge in [-0.05, 0) is 39.2 Å². The predicted molar refractivity (Wildman–Crippen MR) is 110 cm³/mol. The first-order valence-corrected chi connectivity index (χ1v) is 12.1. The van der Waals surface area contributed by atoms with Gasteiger partial charge in [0.25, 0.3) is 5.56 Å². The van der Waals surface area contributed by atoms with Crippen molar-refractivity contribution in [1.29, 1.82) is 0 Å². The van der Waals surface area contributed by atoms with E-state index in [9.17, 15) is 22.8 Å². The second-order valence-corrected chi connectivity index (χ2v) is 9.95. The molecule has 0 saturated carbocycles. The molecule has 1 saturated heterocycles. The fraction of sp³-hybridized carbons (Fsp3) is 0.556. The van der Waals surface area contributed by atoms with Gasteiger partial charge in [-0.25, -0.2) is 18.2 Å². The Kier molecular flexibility index (Phi) is 6.29. The molecule has 2 aromatic rings. The number of carbonyl (C=O) groups is 2. The fourth-order valence-electron chi connectivity index (χ4n) is 3.43. The lowest BCUT2D eigenvalue weighted by atomic mass is 10.2. The molecule has 1 aliphatic heterocycles. The maximum absolute atomic E-state index is 12.6. The molecule has 0 bridgehead atoms. The van der Waals surface area contributed by atoms with Crippen molar-refractivity contribution in [3.05, 3.63) is 26.6 Å². The SMILES string of the molecule is CCOC(=O)c1sc2nc([C@H](C)OC(=O)[C@@H]3CCCN3S(C)(=O)=O)[nH]c(=O)c2c1C. The molecule has 0 aromatic carbocycles. The molecule has 0 aliphatic carbocycles. The first-order chi connectivity index (χ1) is 14.0. The molecule has 164 valence electrons. The van der Waals surface area contributed by atoms with E-state index in [1.165, 1.54) is 6.92 Å². The smallest absolute Gasteiger partial charge is 0.348 e. The molecule has 12 heteroatoms. The molecule has 0 unspecified atom stereocenters. The zero-order chi connectivity index (χ0) is 22.2. The number of aromatic nitrogens is 2. The number of esters is 2. The van der Waals surface area contributed by atoms with Crippen molar-refractivity contribution in [3.8, 4) is 0 Å². The third-order valence-corrected chi connectivity index (χ3v) is 7.31. The summed E-state index contributed by atoms with van der Waals surface area (Å²) in [7, 11) is -3.53. The maximum atomic E-state index is 12.6. The molecule has 3 rings (SSSR count). The highest BCUT2D eigenvalue weighted by Gasteiger charge is 2.38. The van der Waals surface area contributed by atoms with Gasteiger partial charge in [-0.3, -0.25) is 9.59 Å². The number of nitrogens with one attached hydrogen (secondary N) is 1. The van der Waals surface area contributed by atoms with E-state index in [4.69, 9.17) is 9.47 Å². The number of rotatable bonds is 6. The average Bonchev–Trinajstić information content (AvgIpc) is 3.27. The molecule has 10 nitrogen and oxygen atoms in total. The number of thiophene rings is 1. The predicted octanol–water partition coefficient (Wildman–Crippen LogP) is 1.50. The normalized spacial score (nSPS) is 18.5. The van der Waals surface area contributed by atoms with E-state index in [-0.39, 0.29) is 24.4 Å². The molecule has 1 N–H and O–H groups in total. The Labute approximate surface area is 177 Å². The summed E-state index contributed by atoms with van der Waals surface area (Å²) in [5, 5.41) is 0.282. The van der Waals surface area contributed by atoms with E-state index < -0.39 is 39.7 Å². The standard InChI is InChI=1S/C18H23N3O7S2/c1-5-27-18(24)13-9(2)12-15(22)19-14(20-16(12)29-13)10(3)28-17(23)11-7-6-8-21(11)30(4,25)26/h10-11H,5-8H2,1-4H3,(H,19,20,22)/t10-,11-/m0/s1. The van der Waals surface area contributed by atoms with Gasteiger partial charge < -0.3 is 14.5 Å². The van der Waals surface area contributed by atoms with E-state index in [1.54, 1.807) is 13.8 Å². The van der Waals surface area contributed by atoms with Gasteiger partial charge in [0.15, 0.2) is 11.9 Å². The van der Waals surface area contributed by atoms with Crippen molar-refractivity contribution in [2.24, 2.45) is 0 Å². The number of nitrogens with zero attached hydrogens (tertiary/aromatic N) is 2. The van der Waals surface area contributed by atoms with Crippen LogP contribution in [0.3, 0.4) is 0 Å². The second kappa shape index (κ2) is 8.44. The van der Waals surface area contributed by atoms with E-state index in [0.29, 0.717) is 28.1 Å².